The highest BCUT2D eigenvalue weighted by Crippen LogP contribution is 2.23. The summed E-state index contributed by atoms with van der Waals surface area (Å²) < 4.78 is 0. The summed E-state index contributed by atoms with van der Waals surface area (Å²) in [7, 11) is 0. The van der Waals surface area contributed by atoms with E-state index >= 15 is 0 Å². The number of carboxylic acids is 2. The summed E-state index contributed by atoms with van der Waals surface area (Å²) in [4.78, 5) is 29.7. The lowest BCUT2D eigenvalue weighted by atomic mass is 9.88. The minimum atomic E-state index is -1.82. The fourth-order valence-corrected chi connectivity index (χ4v) is 1.77. The van der Waals surface area contributed by atoms with Crippen molar-refractivity contribution in [2.75, 3.05) is 6.54 Å². The Morgan fingerprint density at radius 3 is 2.00 bits per heavy atom. The molecule has 1 unspecified atom stereocenters. The number of nitrogens with two attached hydrogens (primary N) is 1. The smallest absolute Gasteiger partial charge is 0.414 e. The molecule has 1 atom stereocenters. The first-order valence-corrected chi connectivity index (χ1v) is 6.34. The van der Waals surface area contributed by atoms with E-state index in [-0.39, 0.29) is 17.9 Å². The third kappa shape index (κ3) is 9.01. The molecule has 110 valence electrons. The molecular weight excluding hydrogens is 252 g/mol. The number of hydrogen-bond acceptors (Lipinski definition) is 4. The molecule has 1 rings (SSSR count). The lowest BCUT2D eigenvalue weighted by Crippen LogP contribution is -2.39. The van der Waals surface area contributed by atoms with Crippen LogP contribution < -0.4 is 11.1 Å². The van der Waals surface area contributed by atoms with Gasteiger partial charge in [0.05, 0.1) is 0 Å². The quantitative estimate of drug-likeness (QED) is 0.543. The number of carbonyl (C=O) groups is 3. The predicted octanol–water partition coefficient (Wildman–Crippen LogP) is 0.186. The predicted molar refractivity (Wildman–Crippen MR) is 68.5 cm³/mol. The molecule has 7 nitrogen and oxygen atoms in total. The van der Waals surface area contributed by atoms with Gasteiger partial charge in [0.2, 0.25) is 5.91 Å². The van der Waals surface area contributed by atoms with Crippen molar-refractivity contribution in [2.45, 2.75) is 45.1 Å². The Morgan fingerprint density at radius 1 is 1.16 bits per heavy atom. The lowest BCUT2D eigenvalue weighted by Gasteiger charge is -2.21. The maximum Gasteiger partial charge on any atom is 0.414 e. The molecule has 1 saturated carbocycles. The standard InChI is InChI=1S/C10H20N2O.C2H2O4/c1-8(11)7-12-10(13)9-5-3-2-4-6-9;3-1(4)2(5)6/h8-9H,2-7,11H2,1H3,(H,12,13);(H,3,4)(H,5,6). The van der Waals surface area contributed by atoms with E-state index < -0.39 is 11.9 Å². The topological polar surface area (TPSA) is 130 Å². The van der Waals surface area contributed by atoms with Gasteiger partial charge >= 0.3 is 11.9 Å². The lowest BCUT2D eigenvalue weighted by molar-refractivity contribution is -0.159. The number of carboxylic acid groups (broad SMARTS) is 2. The third-order valence-electron chi connectivity index (χ3n) is 2.76. The van der Waals surface area contributed by atoms with Gasteiger partial charge in [-0.15, -0.1) is 0 Å². The second kappa shape index (κ2) is 9.32. The Morgan fingerprint density at radius 2 is 1.63 bits per heavy atom. The van der Waals surface area contributed by atoms with Crippen LogP contribution in [0.4, 0.5) is 0 Å². The molecule has 0 aromatic heterocycles. The second-order valence-corrected chi connectivity index (χ2v) is 4.67. The first kappa shape index (κ1) is 17.4. The van der Waals surface area contributed by atoms with E-state index in [4.69, 9.17) is 25.5 Å². The van der Waals surface area contributed by atoms with Crippen LogP contribution in [-0.4, -0.2) is 40.6 Å². The highest BCUT2D eigenvalue weighted by Gasteiger charge is 2.20. The van der Waals surface area contributed by atoms with E-state index in [0.29, 0.717) is 6.54 Å². The normalized spacial score (nSPS) is 16.7. The fourth-order valence-electron chi connectivity index (χ4n) is 1.77. The summed E-state index contributed by atoms with van der Waals surface area (Å²) in [5.41, 5.74) is 5.56. The molecule has 1 amide bonds. The van der Waals surface area contributed by atoms with Crippen molar-refractivity contribution in [2.24, 2.45) is 11.7 Å². The minimum Gasteiger partial charge on any atom is -0.473 e. The molecular formula is C12H22N2O5. The second-order valence-electron chi connectivity index (χ2n) is 4.67. The van der Waals surface area contributed by atoms with E-state index in [9.17, 15) is 4.79 Å². The van der Waals surface area contributed by atoms with Gasteiger partial charge in [-0.25, -0.2) is 9.59 Å². The third-order valence-corrected chi connectivity index (χ3v) is 2.76. The molecule has 0 radical (unpaired) electrons. The van der Waals surface area contributed by atoms with E-state index in [2.05, 4.69) is 5.32 Å². The zero-order chi connectivity index (χ0) is 14.8. The molecule has 1 fully saturated rings. The van der Waals surface area contributed by atoms with Crippen LogP contribution in [-0.2, 0) is 14.4 Å². The van der Waals surface area contributed by atoms with Gasteiger partial charge in [0, 0.05) is 18.5 Å². The zero-order valence-electron chi connectivity index (χ0n) is 11.1. The van der Waals surface area contributed by atoms with Crippen molar-refractivity contribution in [1.29, 1.82) is 0 Å². The summed E-state index contributed by atoms with van der Waals surface area (Å²) in [6.45, 7) is 2.51. The number of rotatable bonds is 3. The fraction of sp³-hybridized carbons (Fsp3) is 0.750. The molecule has 5 N–H and O–H groups in total. The maximum absolute atomic E-state index is 11.5. The summed E-state index contributed by atoms with van der Waals surface area (Å²) in [5, 5.41) is 17.7. The summed E-state index contributed by atoms with van der Waals surface area (Å²) >= 11 is 0. The average Bonchev–Trinajstić information content (AvgIpc) is 2.37. The maximum atomic E-state index is 11.5. The van der Waals surface area contributed by atoms with Gasteiger partial charge in [0.25, 0.3) is 0 Å². The van der Waals surface area contributed by atoms with Gasteiger partial charge in [-0.05, 0) is 19.8 Å². The van der Waals surface area contributed by atoms with Crippen LogP contribution in [0.15, 0.2) is 0 Å². The van der Waals surface area contributed by atoms with Crippen LogP contribution in [0.2, 0.25) is 0 Å². The summed E-state index contributed by atoms with van der Waals surface area (Å²) in [5.74, 6) is -3.19. The Hall–Kier alpha value is -1.63. The van der Waals surface area contributed by atoms with Crippen LogP contribution in [0.3, 0.4) is 0 Å². The molecule has 7 heteroatoms. The van der Waals surface area contributed by atoms with Gasteiger partial charge in [0.1, 0.15) is 0 Å². The van der Waals surface area contributed by atoms with Crippen LogP contribution >= 0.6 is 0 Å². The zero-order valence-corrected chi connectivity index (χ0v) is 11.1. The van der Waals surface area contributed by atoms with Gasteiger partial charge in [-0.2, -0.15) is 0 Å². The Kier molecular flexibility index (Phi) is 8.52. The summed E-state index contributed by atoms with van der Waals surface area (Å²) in [6, 6.07) is 0.0625. The van der Waals surface area contributed by atoms with Crippen molar-refractivity contribution >= 4 is 17.8 Å². The minimum absolute atomic E-state index is 0.0625. The van der Waals surface area contributed by atoms with Crippen molar-refractivity contribution in [1.82, 2.24) is 5.32 Å². The first-order valence-electron chi connectivity index (χ1n) is 6.34. The average molecular weight is 274 g/mol. The van der Waals surface area contributed by atoms with E-state index in [0.717, 1.165) is 12.8 Å². The van der Waals surface area contributed by atoms with Gasteiger partial charge in [-0.3, -0.25) is 4.79 Å². The largest absolute Gasteiger partial charge is 0.473 e. The molecule has 0 saturated heterocycles. The molecule has 0 heterocycles. The Bertz CT molecular complexity index is 299. The number of amides is 1. The number of hydrogen-bond donors (Lipinski definition) is 4. The van der Waals surface area contributed by atoms with Crippen molar-refractivity contribution < 1.29 is 24.6 Å². The molecule has 0 bridgehead atoms. The van der Waals surface area contributed by atoms with Crippen LogP contribution in [0.5, 0.6) is 0 Å². The molecule has 0 aliphatic heterocycles. The van der Waals surface area contributed by atoms with Crippen molar-refractivity contribution in [3.05, 3.63) is 0 Å². The molecule has 1 aliphatic rings. The monoisotopic (exact) mass is 274 g/mol. The Balaban J connectivity index is 0.000000459. The van der Waals surface area contributed by atoms with E-state index in [1.807, 2.05) is 6.92 Å². The van der Waals surface area contributed by atoms with Crippen molar-refractivity contribution in [3.8, 4) is 0 Å². The van der Waals surface area contributed by atoms with Gasteiger partial charge < -0.3 is 21.3 Å². The Labute approximate surface area is 112 Å². The molecule has 0 aromatic carbocycles. The number of aliphatic carboxylic acids is 2. The van der Waals surface area contributed by atoms with Crippen LogP contribution in [0.1, 0.15) is 39.0 Å². The number of carbonyl (C=O) groups excluding carboxylic acids is 1. The highest BCUT2D eigenvalue weighted by molar-refractivity contribution is 6.27. The van der Waals surface area contributed by atoms with Crippen molar-refractivity contribution in [3.63, 3.8) is 0 Å². The van der Waals surface area contributed by atoms with Crippen LogP contribution in [0, 0.1) is 5.92 Å². The molecule has 1 aliphatic carbocycles. The van der Waals surface area contributed by atoms with Crippen LogP contribution in [0.25, 0.3) is 0 Å². The summed E-state index contributed by atoms with van der Waals surface area (Å²) in [6.07, 6.45) is 5.82. The highest BCUT2D eigenvalue weighted by atomic mass is 16.4. The molecule has 19 heavy (non-hydrogen) atoms. The van der Waals surface area contributed by atoms with E-state index in [1.165, 1.54) is 19.3 Å². The first-order chi connectivity index (χ1) is 8.84. The van der Waals surface area contributed by atoms with Gasteiger partial charge in [0.15, 0.2) is 0 Å². The SMILES string of the molecule is CC(N)CNC(=O)C1CCCCC1.O=C(O)C(=O)O. The van der Waals surface area contributed by atoms with E-state index in [1.54, 1.807) is 0 Å². The van der Waals surface area contributed by atoms with Gasteiger partial charge in [-0.1, -0.05) is 19.3 Å². The molecule has 0 aromatic rings. The number of nitrogens with one attached hydrogen (secondary N) is 1. The molecule has 0 spiro atoms.